The number of ether oxygens (including phenoxy) is 1. The number of halogens is 4. The van der Waals surface area contributed by atoms with Gasteiger partial charge >= 0.3 is 0 Å². The van der Waals surface area contributed by atoms with E-state index < -0.39 is 5.82 Å². The van der Waals surface area contributed by atoms with E-state index in [9.17, 15) is 4.39 Å². The van der Waals surface area contributed by atoms with Gasteiger partial charge in [-0.2, -0.15) is 0 Å². The summed E-state index contributed by atoms with van der Waals surface area (Å²) in [7, 11) is 0. The largest absolute Gasteiger partial charge is 0.485 e. The highest BCUT2D eigenvalue weighted by molar-refractivity contribution is 6.42. The van der Waals surface area contributed by atoms with E-state index in [-0.39, 0.29) is 18.2 Å². The van der Waals surface area contributed by atoms with E-state index in [1.54, 1.807) is 30.3 Å². The van der Waals surface area contributed by atoms with E-state index in [1.807, 2.05) is 0 Å². The van der Waals surface area contributed by atoms with Gasteiger partial charge in [0.25, 0.3) is 0 Å². The topological polar surface area (TPSA) is 9.23 Å². The van der Waals surface area contributed by atoms with Crippen LogP contribution in [0.25, 0.3) is 0 Å². The van der Waals surface area contributed by atoms with Gasteiger partial charge in [-0.15, -0.1) is 11.6 Å². The van der Waals surface area contributed by atoms with Crippen molar-refractivity contribution in [2.24, 2.45) is 0 Å². The molecule has 0 aromatic heterocycles. The lowest BCUT2D eigenvalue weighted by Crippen LogP contribution is -2.00. The van der Waals surface area contributed by atoms with Crippen LogP contribution in [0.15, 0.2) is 36.4 Å². The van der Waals surface area contributed by atoms with Crippen LogP contribution in [-0.2, 0) is 12.5 Å². The van der Waals surface area contributed by atoms with Crippen molar-refractivity contribution in [1.82, 2.24) is 0 Å². The molecule has 5 heteroatoms. The summed E-state index contributed by atoms with van der Waals surface area (Å²) in [4.78, 5) is 0. The summed E-state index contributed by atoms with van der Waals surface area (Å²) >= 11 is 17.5. The predicted molar refractivity (Wildman–Crippen MR) is 76.8 cm³/mol. The van der Waals surface area contributed by atoms with Crippen LogP contribution < -0.4 is 4.74 Å². The molecule has 0 spiro atoms. The summed E-state index contributed by atoms with van der Waals surface area (Å²) in [5.41, 5.74) is 1.42. The van der Waals surface area contributed by atoms with Gasteiger partial charge in [0.15, 0.2) is 11.6 Å². The molecular formula is C14H10Cl3FO. The molecule has 0 unspecified atom stereocenters. The Kier molecular flexibility index (Phi) is 4.92. The maximum absolute atomic E-state index is 13.7. The second kappa shape index (κ2) is 6.47. The first-order valence-corrected chi connectivity index (χ1v) is 6.81. The molecule has 0 bridgehead atoms. The van der Waals surface area contributed by atoms with E-state index in [4.69, 9.17) is 39.5 Å². The zero-order valence-electron chi connectivity index (χ0n) is 9.80. The number of para-hydroxylation sites is 1. The van der Waals surface area contributed by atoms with Gasteiger partial charge in [-0.05, 0) is 23.8 Å². The van der Waals surface area contributed by atoms with Gasteiger partial charge in [-0.3, -0.25) is 0 Å². The smallest absolute Gasteiger partial charge is 0.165 e. The molecule has 0 radical (unpaired) electrons. The SMILES string of the molecule is Fc1cccc(CCl)c1OCc1ccc(Cl)c(Cl)c1. The number of hydrogen-bond donors (Lipinski definition) is 0. The Hall–Kier alpha value is -0.960. The lowest BCUT2D eigenvalue weighted by molar-refractivity contribution is 0.288. The van der Waals surface area contributed by atoms with Gasteiger partial charge in [-0.1, -0.05) is 41.4 Å². The molecule has 0 aliphatic heterocycles. The van der Waals surface area contributed by atoms with Crippen molar-refractivity contribution in [3.05, 3.63) is 63.4 Å². The summed E-state index contributed by atoms with van der Waals surface area (Å²) < 4.78 is 19.1. The summed E-state index contributed by atoms with van der Waals surface area (Å²) in [5.74, 6) is -0.0733. The van der Waals surface area contributed by atoms with E-state index in [0.29, 0.717) is 15.6 Å². The minimum Gasteiger partial charge on any atom is -0.485 e. The highest BCUT2D eigenvalue weighted by Crippen LogP contribution is 2.27. The molecule has 19 heavy (non-hydrogen) atoms. The van der Waals surface area contributed by atoms with Crippen LogP contribution in [0.5, 0.6) is 5.75 Å². The van der Waals surface area contributed by atoms with Crippen molar-refractivity contribution < 1.29 is 9.13 Å². The molecule has 0 N–H and O–H groups in total. The Morgan fingerprint density at radius 2 is 1.84 bits per heavy atom. The molecule has 0 atom stereocenters. The molecule has 0 saturated heterocycles. The van der Waals surface area contributed by atoms with Gasteiger partial charge in [0.2, 0.25) is 0 Å². The lowest BCUT2D eigenvalue weighted by atomic mass is 10.2. The summed E-state index contributed by atoms with van der Waals surface area (Å²) in [6.45, 7) is 0.196. The minimum absolute atomic E-state index is 0.170. The normalized spacial score (nSPS) is 10.5. The maximum Gasteiger partial charge on any atom is 0.165 e. The number of hydrogen-bond acceptors (Lipinski definition) is 1. The molecule has 0 heterocycles. The van der Waals surface area contributed by atoms with Crippen LogP contribution in [0.3, 0.4) is 0 Å². The van der Waals surface area contributed by atoms with E-state index in [1.165, 1.54) is 6.07 Å². The molecular weight excluding hydrogens is 310 g/mol. The number of benzene rings is 2. The first-order chi connectivity index (χ1) is 9.11. The zero-order chi connectivity index (χ0) is 13.8. The fourth-order valence-corrected chi connectivity index (χ4v) is 2.14. The molecule has 1 nitrogen and oxygen atoms in total. The van der Waals surface area contributed by atoms with E-state index >= 15 is 0 Å². The van der Waals surface area contributed by atoms with Gasteiger partial charge in [0.1, 0.15) is 6.61 Å². The van der Waals surface area contributed by atoms with Crippen LogP contribution in [0.1, 0.15) is 11.1 Å². The molecule has 2 aromatic carbocycles. The standard InChI is InChI=1S/C14H10Cl3FO/c15-7-10-2-1-3-13(18)14(10)19-8-9-4-5-11(16)12(17)6-9/h1-6H,7-8H2. The summed E-state index contributed by atoms with van der Waals surface area (Å²) in [5, 5.41) is 0.909. The van der Waals surface area contributed by atoms with Gasteiger partial charge in [-0.25, -0.2) is 4.39 Å². The third kappa shape index (κ3) is 3.53. The molecule has 2 rings (SSSR count). The highest BCUT2D eigenvalue weighted by Gasteiger charge is 2.09. The van der Waals surface area contributed by atoms with E-state index in [2.05, 4.69) is 0 Å². The zero-order valence-corrected chi connectivity index (χ0v) is 12.1. The molecule has 2 aromatic rings. The number of alkyl halides is 1. The minimum atomic E-state index is -0.432. The van der Waals surface area contributed by atoms with Crippen molar-refractivity contribution >= 4 is 34.8 Å². The predicted octanol–water partition coefficient (Wildman–Crippen LogP) is 5.45. The third-order valence-electron chi connectivity index (χ3n) is 2.56. The Labute approximate surface area is 125 Å². The Bertz CT molecular complexity index is 587. The first kappa shape index (κ1) is 14.4. The lowest BCUT2D eigenvalue weighted by Gasteiger charge is -2.11. The Morgan fingerprint density at radius 1 is 1.05 bits per heavy atom. The Morgan fingerprint density at radius 3 is 2.53 bits per heavy atom. The van der Waals surface area contributed by atoms with Crippen LogP contribution in [0.4, 0.5) is 4.39 Å². The van der Waals surface area contributed by atoms with Gasteiger partial charge in [0, 0.05) is 5.56 Å². The summed E-state index contributed by atoms with van der Waals surface area (Å²) in [6.07, 6.45) is 0. The maximum atomic E-state index is 13.7. The molecule has 0 aliphatic rings. The van der Waals surface area contributed by atoms with Crippen LogP contribution in [-0.4, -0.2) is 0 Å². The van der Waals surface area contributed by atoms with Crippen molar-refractivity contribution in [3.63, 3.8) is 0 Å². The highest BCUT2D eigenvalue weighted by atomic mass is 35.5. The van der Waals surface area contributed by atoms with E-state index in [0.717, 1.165) is 5.56 Å². The van der Waals surface area contributed by atoms with Crippen LogP contribution in [0, 0.1) is 5.82 Å². The second-order valence-electron chi connectivity index (χ2n) is 3.90. The first-order valence-electron chi connectivity index (χ1n) is 5.52. The van der Waals surface area contributed by atoms with Crippen LogP contribution >= 0.6 is 34.8 Å². The van der Waals surface area contributed by atoms with Crippen molar-refractivity contribution in [2.45, 2.75) is 12.5 Å². The van der Waals surface area contributed by atoms with Crippen molar-refractivity contribution in [3.8, 4) is 5.75 Å². The Balaban J connectivity index is 2.16. The summed E-state index contributed by atoms with van der Waals surface area (Å²) in [6, 6.07) is 9.78. The average Bonchev–Trinajstić information content (AvgIpc) is 2.41. The fourth-order valence-electron chi connectivity index (χ4n) is 1.61. The van der Waals surface area contributed by atoms with Crippen LogP contribution in [0.2, 0.25) is 10.0 Å². The molecule has 0 aliphatic carbocycles. The second-order valence-corrected chi connectivity index (χ2v) is 4.98. The van der Waals surface area contributed by atoms with Gasteiger partial charge in [0.05, 0.1) is 15.9 Å². The number of rotatable bonds is 4. The molecule has 0 amide bonds. The fraction of sp³-hybridized carbons (Fsp3) is 0.143. The van der Waals surface area contributed by atoms with Gasteiger partial charge < -0.3 is 4.74 Å². The molecule has 100 valence electrons. The van der Waals surface area contributed by atoms with Crippen molar-refractivity contribution in [2.75, 3.05) is 0 Å². The monoisotopic (exact) mass is 318 g/mol. The third-order valence-corrected chi connectivity index (χ3v) is 3.59. The molecule has 0 fully saturated rings. The molecule has 0 saturated carbocycles. The quantitative estimate of drug-likeness (QED) is 0.681. The average molecular weight is 320 g/mol. The van der Waals surface area contributed by atoms with Crippen molar-refractivity contribution in [1.29, 1.82) is 0 Å².